The van der Waals surface area contributed by atoms with Crippen LogP contribution in [0.25, 0.3) is 10.9 Å². The quantitative estimate of drug-likeness (QED) is 0.499. The van der Waals surface area contributed by atoms with Gasteiger partial charge in [-0.3, -0.25) is 14.3 Å². The largest absolute Gasteiger partial charge is 0.342 e. The van der Waals surface area contributed by atoms with Crippen LogP contribution in [0.4, 0.5) is 0 Å². The van der Waals surface area contributed by atoms with Gasteiger partial charge in [0.1, 0.15) is 0 Å². The van der Waals surface area contributed by atoms with Crippen LogP contribution in [0.15, 0.2) is 79.0 Å². The van der Waals surface area contributed by atoms with Crippen LogP contribution in [0.3, 0.4) is 0 Å². The third-order valence-corrected chi connectivity index (χ3v) is 5.61. The molecule has 31 heavy (non-hydrogen) atoms. The Morgan fingerprint density at radius 1 is 0.968 bits per heavy atom. The summed E-state index contributed by atoms with van der Waals surface area (Å²) in [5.41, 5.74) is 4.37. The molecule has 0 fully saturated rings. The van der Waals surface area contributed by atoms with E-state index in [-0.39, 0.29) is 18.1 Å². The van der Waals surface area contributed by atoms with Gasteiger partial charge in [0.2, 0.25) is 0 Å². The zero-order valence-corrected chi connectivity index (χ0v) is 17.7. The highest BCUT2D eigenvalue weighted by Gasteiger charge is 2.23. The Kier molecular flexibility index (Phi) is 5.94. The Morgan fingerprint density at radius 3 is 2.48 bits per heavy atom. The second-order valence-corrected chi connectivity index (χ2v) is 7.79. The molecule has 5 nitrogen and oxygen atoms in total. The molecule has 0 saturated carbocycles. The maximum absolute atomic E-state index is 13.4. The van der Waals surface area contributed by atoms with E-state index in [1.54, 1.807) is 16.9 Å². The van der Waals surface area contributed by atoms with Gasteiger partial charge in [-0.25, -0.2) is 0 Å². The van der Waals surface area contributed by atoms with Crippen molar-refractivity contribution in [2.45, 2.75) is 25.8 Å². The normalized spacial score (nSPS) is 11.9. The van der Waals surface area contributed by atoms with Crippen LogP contribution < -0.4 is 5.32 Å². The number of hydrogen-bond acceptors (Lipinski definition) is 3. The molecule has 1 amide bonds. The summed E-state index contributed by atoms with van der Waals surface area (Å²) in [7, 11) is 1.88. The van der Waals surface area contributed by atoms with Crippen LogP contribution in [-0.4, -0.2) is 27.5 Å². The maximum Gasteiger partial charge on any atom is 0.252 e. The number of Topliss-reactive ketones (excluding diaryl/α,β-unsaturated/α-hetero) is 1. The first-order valence-corrected chi connectivity index (χ1v) is 10.4. The van der Waals surface area contributed by atoms with Gasteiger partial charge < -0.3 is 5.32 Å². The monoisotopic (exact) mass is 411 g/mol. The number of hydrogen-bond donors (Lipinski definition) is 1. The van der Waals surface area contributed by atoms with Crippen molar-refractivity contribution in [3.63, 3.8) is 0 Å². The summed E-state index contributed by atoms with van der Waals surface area (Å²) in [5, 5.41) is 8.26. The molecule has 1 aromatic heterocycles. The Balaban J connectivity index is 1.60. The maximum atomic E-state index is 13.4. The highest BCUT2D eigenvalue weighted by atomic mass is 16.2. The summed E-state index contributed by atoms with van der Waals surface area (Å²) >= 11 is 0. The molecular formula is C26H25N3O2. The molecule has 5 heteroatoms. The van der Waals surface area contributed by atoms with Crippen molar-refractivity contribution in [1.29, 1.82) is 0 Å². The minimum Gasteiger partial charge on any atom is -0.342 e. The summed E-state index contributed by atoms with van der Waals surface area (Å²) < 4.78 is 1.80. The van der Waals surface area contributed by atoms with Crippen LogP contribution >= 0.6 is 0 Å². The van der Waals surface area contributed by atoms with Crippen LogP contribution in [0.1, 0.15) is 27.0 Å². The van der Waals surface area contributed by atoms with Crippen molar-refractivity contribution in [3.05, 3.63) is 101 Å². The minimum absolute atomic E-state index is 0.0258. The van der Waals surface area contributed by atoms with Gasteiger partial charge in [-0.05, 0) is 42.2 Å². The first kappa shape index (κ1) is 20.5. The summed E-state index contributed by atoms with van der Waals surface area (Å²) in [6.07, 6.45) is 2.46. The van der Waals surface area contributed by atoms with Gasteiger partial charge in [-0.15, -0.1) is 0 Å². The van der Waals surface area contributed by atoms with Crippen LogP contribution in [0, 0.1) is 6.92 Å². The second kappa shape index (κ2) is 8.96. The predicted octanol–water partition coefficient (Wildman–Crippen LogP) is 4.03. The summed E-state index contributed by atoms with van der Waals surface area (Å²) in [6, 6.07) is 22.4. The zero-order chi connectivity index (χ0) is 21.8. The van der Waals surface area contributed by atoms with Crippen molar-refractivity contribution in [1.82, 2.24) is 15.1 Å². The number of ketones is 1. The third-order valence-electron chi connectivity index (χ3n) is 5.61. The van der Waals surface area contributed by atoms with Crippen LogP contribution in [-0.2, 0) is 24.7 Å². The fourth-order valence-corrected chi connectivity index (χ4v) is 3.86. The summed E-state index contributed by atoms with van der Waals surface area (Å²) in [4.78, 5) is 26.3. The van der Waals surface area contributed by atoms with Gasteiger partial charge >= 0.3 is 0 Å². The van der Waals surface area contributed by atoms with E-state index in [1.165, 1.54) is 0 Å². The van der Waals surface area contributed by atoms with E-state index in [1.807, 2.05) is 80.7 Å². The molecule has 3 aromatic carbocycles. The van der Waals surface area contributed by atoms with E-state index in [2.05, 4.69) is 10.4 Å². The van der Waals surface area contributed by atoms with Crippen molar-refractivity contribution in [2.24, 2.45) is 7.05 Å². The molecule has 1 atom stereocenters. The smallest absolute Gasteiger partial charge is 0.252 e. The van der Waals surface area contributed by atoms with Crippen molar-refractivity contribution in [2.75, 3.05) is 0 Å². The number of amides is 1. The first-order valence-electron chi connectivity index (χ1n) is 10.4. The summed E-state index contributed by atoms with van der Waals surface area (Å²) in [5.74, 6) is -0.255. The Bertz CT molecular complexity index is 1230. The topological polar surface area (TPSA) is 64.0 Å². The van der Waals surface area contributed by atoms with E-state index >= 15 is 0 Å². The molecular weight excluding hydrogens is 386 g/mol. The van der Waals surface area contributed by atoms with E-state index in [0.29, 0.717) is 12.0 Å². The lowest BCUT2D eigenvalue weighted by atomic mass is 9.96. The number of benzene rings is 3. The van der Waals surface area contributed by atoms with Crippen molar-refractivity contribution >= 4 is 22.6 Å². The van der Waals surface area contributed by atoms with E-state index in [4.69, 9.17) is 0 Å². The number of aromatic nitrogens is 2. The Hall–Kier alpha value is -3.73. The molecule has 0 aliphatic carbocycles. The first-order chi connectivity index (χ1) is 15.0. The summed E-state index contributed by atoms with van der Waals surface area (Å²) in [6.45, 7) is 1.89. The van der Waals surface area contributed by atoms with Gasteiger partial charge in [0.15, 0.2) is 5.78 Å². The van der Waals surface area contributed by atoms with Gasteiger partial charge in [0.25, 0.3) is 5.91 Å². The fourth-order valence-electron chi connectivity index (χ4n) is 3.86. The van der Waals surface area contributed by atoms with Crippen molar-refractivity contribution < 1.29 is 9.59 Å². The number of rotatable bonds is 7. The van der Waals surface area contributed by atoms with Gasteiger partial charge in [0, 0.05) is 24.4 Å². The minimum atomic E-state index is -0.624. The standard InChI is InChI=1S/C26H25N3O2/c1-18-9-6-7-13-21(18)26(31)28-23(15-19-10-4-3-5-11-19)25(30)16-20-12-8-14-24-22(20)17-27-29(24)2/h3-14,17,23H,15-16H2,1-2H3,(H,28,31). The predicted molar refractivity (Wildman–Crippen MR) is 122 cm³/mol. The number of nitrogens with zero attached hydrogens (tertiary/aromatic N) is 2. The number of nitrogens with one attached hydrogen (secondary N) is 1. The fraction of sp³-hybridized carbons (Fsp3) is 0.192. The molecule has 1 unspecified atom stereocenters. The lowest BCUT2D eigenvalue weighted by Crippen LogP contribution is -2.43. The number of carbonyl (C=O) groups is 2. The van der Waals surface area contributed by atoms with Gasteiger partial charge in [-0.2, -0.15) is 5.10 Å². The van der Waals surface area contributed by atoms with Gasteiger partial charge in [-0.1, -0.05) is 60.7 Å². The average Bonchev–Trinajstić information content (AvgIpc) is 3.16. The molecule has 0 saturated heterocycles. The Morgan fingerprint density at radius 2 is 1.71 bits per heavy atom. The molecule has 4 aromatic rings. The molecule has 0 spiro atoms. The van der Waals surface area contributed by atoms with Gasteiger partial charge in [0.05, 0.1) is 17.8 Å². The number of fused-ring (bicyclic) bond motifs is 1. The van der Waals surface area contributed by atoms with Crippen molar-refractivity contribution in [3.8, 4) is 0 Å². The van der Waals surface area contributed by atoms with Crippen LogP contribution in [0.2, 0.25) is 0 Å². The molecule has 0 aliphatic heterocycles. The Labute approximate surface area is 181 Å². The molecule has 156 valence electrons. The highest BCUT2D eigenvalue weighted by molar-refractivity contribution is 6.00. The average molecular weight is 412 g/mol. The van der Waals surface area contributed by atoms with E-state index in [0.717, 1.165) is 27.6 Å². The molecule has 1 heterocycles. The lowest BCUT2D eigenvalue weighted by molar-refractivity contribution is -0.120. The lowest BCUT2D eigenvalue weighted by Gasteiger charge is -2.19. The highest BCUT2D eigenvalue weighted by Crippen LogP contribution is 2.19. The molecule has 0 aliphatic rings. The number of aryl methyl sites for hydroxylation is 2. The molecule has 1 N–H and O–H groups in total. The molecule has 0 radical (unpaired) electrons. The molecule has 0 bridgehead atoms. The van der Waals surface area contributed by atoms with E-state index in [9.17, 15) is 9.59 Å². The third kappa shape index (κ3) is 4.56. The van der Waals surface area contributed by atoms with E-state index < -0.39 is 6.04 Å². The molecule has 4 rings (SSSR count). The number of carbonyl (C=O) groups excluding carboxylic acids is 2. The SMILES string of the molecule is Cc1ccccc1C(=O)NC(Cc1ccccc1)C(=O)Cc1cccc2c1cnn2C. The second-order valence-electron chi connectivity index (χ2n) is 7.79. The van der Waals surface area contributed by atoms with Crippen LogP contribution in [0.5, 0.6) is 0 Å². The zero-order valence-electron chi connectivity index (χ0n) is 17.7.